The average molecular weight is 333 g/mol. The van der Waals surface area contributed by atoms with Crippen molar-refractivity contribution in [1.82, 2.24) is 4.72 Å². The van der Waals surface area contributed by atoms with Gasteiger partial charge in [0.05, 0.1) is 22.0 Å². The number of nitrogens with one attached hydrogen (secondary N) is 1. The van der Waals surface area contributed by atoms with E-state index in [-0.39, 0.29) is 17.1 Å². The molecule has 2 aromatic rings. The molecule has 1 aromatic carbocycles. The van der Waals surface area contributed by atoms with E-state index >= 15 is 0 Å². The Hall–Kier alpha value is -1.28. The van der Waals surface area contributed by atoms with Crippen LogP contribution in [0.4, 0.5) is 5.69 Å². The lowest BCUT2D eigenvalue weighted by molar-refractivity contribution is 0.416. The lowest BCUT2D eigenvalue weighted by Crippen LogP contribution is -2.22. The molecule has 0 atom stereocenters. The van der Waals surface area contributed by atoms with Gasteiger partial charge in [0.25, 0.3) is 0 Å². The molecule has 0 aliphatic rings. The summed E-state index contributed by atoms with van der Waals surface area (Å²) in [7, 11) is -2.15. The molecule has 0 radical (unpaired) electrons. The Balaban J connectivity index is 2.15. The number of benzene rings is 1. The second-order valence-electron chi connectivity index (χ2n) is 3.93. The minimum absolute atomic E-state index is 0.0958. The number of rotatable bonds is 5. The largest absolute Gasteiger partial charge is 0.495 e. The SMILES string of the molecule is COc1ccc(S(=O)(=O)NCc2ccc(Cl)s2)cc1N. The first-order chi connectivity index (χ1) is 9.42. The van der Waals surface area contributed by atoms with Gasteiger partial charge in [0, 0.05) is 11.4 Å². The van der Waals surface area contributed by atoms with Crippen molar-refractivity contribution in [3.63, 3.8) is 0 Å². The second-order valence-corrected chi connectivity index (χ2v) is 7.50. The molecule has 0 saturated heterocycles. The molecule has 0 aliphatic carbocycles. The smallest absolute Gasteiger partial charge is 0.240 e. The van der Waals surface area contributed by atoms with Crippen molar-refractivity contribution in [2.75, 3.05) is 12.8 Å². The van der Waals surface area contributed by atoms with Crippen LogP contribution in [-0.4, -0.2) is 15.5 Å². The number of ether oxygens (including phenoxy) is 1. The van der Waals surface area contributed by atoms with Crippen molar-refractivity contribution in [2.24, 2.45) is 0 Å². The fraction of sp³-hybridized carbons (Fsp3) is 0.167. The highest BCUT2D eigenvalue weighted by atomic mass is 35.5. The number of sulfonamides is 1. The van der Waals surface area contributed by atoms with E-state index in [4.69, 9.17) is 22.1 Å². The maximum absolute atomic E-state index is 12.1. The summed E-state index contributed by atoms with van der Waals surface area (Å²) in [5.41, 5.74) is 5.98. The third kappa shape index (κ3) is 3.43. The molecule has 108 valence electrons. The highest BCUT2D eigenvalue weighted by Crippen LogP contribution is 2.25. The number of hydrogen-bond acceptors (Lipinski definition) is 5. The summed E-state index contributed by atoms with van der Waals surface area (Å²) in [5.74, 6) is 0.439. The number of anilines is 1. The molecule has 0 unspecified atom stereocenters. The van der Waals surface area contributed by atoms with Gasteiger partial charge in [-0.25, -0.2) is 13.1 Å². The number of methoxy groups -OCH3 is 1. The fourth-order valence-electron chi connectivity index (χ4n) is 1.58. The van der Waals surface area contributed by atoms with Crippen LogP contribution in [0.1, 0.15) is 4.88 Å². The molecule has 0 fully saturated rings. The Labute approximate surface area is 126 Å². The number of hydrogen-bond donors (Lipinski definition) is 2. The van der Waals surface area contributed by atoms with Gasteiger partial charge < -0.3 is 10.5 Å². The van der Waals surface area contributed by atoms with Crippen LogP contribution in [0.3, 0.4) is 0 Å². The van der Waals surface area contributed by atoms with E-state index in [9.17, 15) is 8.42 Å². The quantitative estimate of drug-likeness (QED) is 0.824. The van der Waals surface area contributed by atoms with E-state index in [0.29, 0.717) is 10.1 Å². The molecular formula is C12H13ClN2O3S2. The van der Waals surface area contributed by atoms with Crippen molar-refractivity contribution in [2.45, 2.75) is 11.4 Å². The zero-order valence-electron chi connectivity index (χ0n) is 10.6. The van der Waals surface area contributed by atoms with E-state index in [1.54, 1.807) is 12.1 Å². The van der Waals surface area contributed by atoms with Crippen molar-refractivity contribution < 1.29 is 13.2 Å². The third-order valence-corrected chi connectivity index (χ3v) is 5.21. The molecule has 8 heteroatoms. The van der Waals surface area contributed by atoms with Crippen LogP contribution < -0.4 is 15.2 Å². The summed E-state index contributed by atoms with van der Waals surface area (Å²) in [6, 6.07) is 7.83. The van der Waals surface area contributed by atoms with Gasteiger partial charge in [0.1, 0.15) is 5.75 Å². The van der Waals surface area contributed by atoms with Gasteiger partial charge in [-0.2, -0.15) is 0 Å². The van der Waals surface area contributed by atoms with Crippen molar-refractivity contribution in [3.05, 3.63) is 39.5 Å². The molecule has 0 aliphatic heterocycles. The topological polar surface area (TPSA) is 81.4 Å². The summed E-state index contributed by atoms with van der Waals surface area (Å²) < 4.78 is 32.4. The van der Waals surface area contributed by atoms with Crippen LogP contribution in [0.2, 0.25) is 4.34 Å². The second kappa shape index (κ2) is 6.01. The van der Waals surface area contributed by atoms with Crippen LogP contribution in [0.25, 0.3) is 0 Å². The first-order valence-corrected chi connectivity index (χ1v) is 8.27. The summed E-state index contributed by atoms with van der Waals surface area (Å²) in [4.78, 5) is 0.929. The van der Waals surface area contributed by atoms with Crippen molar-refractivity contribution >= 4 is 38.6 Å². The summed E-state index contributed by atoms with van der Waals surface area (Å²) in [5, 5.41) is 0. The summed E-state index contributed by atoms with van der Waals surface area (Å²) >= 11 is 7.12. The molecular weight excluding hydrogens is 320 g/mol. The van der Waals surface area contributed by atoms with Gasteiger partial charge in [-0.3, -0.25) is 0 Å². The number of halogens is 1. The van der Waals surface area contributed by atoms with Gasteiger partial charge in [-0.1, -0.05) is 11.6 Å². The van der Waals surface area contributed by atoms with Crippen LogP contribution in [0.15, 0.2) is 35.2 Å². The Morgan fingerprint density at radius 1 is 1.35 bits per heavy atom. The lowest BCUT2D eigenvalue weighted by Gasteiger charge is -2.09. The minimum atomic E-state index is -3.62. The minimum Gasteiger partial charge on any atom is -0.495 e. The molecule has 2 rings (SSSR count). The van der Waals surface area contributed by atoms with E-state index in [1.165, 1.54) is 36.6 Å². The standard InChI is InChI=1S/C12H13ClN2O3S2/c1-18-11-4-3-9(6-10(11)14)20(16,17)15-7-8-2-5-12(13)19-8/h2-6,15H,7,14H2,1H3. The molecule has 0 saturated carbocycles. The molecule has 20 heavy (non-hydrogen) atoms. The molecule has 0 amide bonds. The maximum atomic E-state index is 12.1. The third-order valence-electron chi connectivity index (χ3n) is 2.58. The predicted molar refractivity (Wildman–Crippen MR) is 80.8 cm³/mol. The van der Waals surface area contributed by atoms with Gasteiger partial charge in [-0.15, -0.1) is 11.3 Å². The van der Waals surface area contributed by atoms with Crippen LogP contribution in [0, 0.1) is 0 Å². The van der Waals surface area contributed by atoms with Gasteiger partial charge in [0.2, 0.25) is 10.0 Å². The van der Waals surface area contributed by atoms with E-state index < -0.39 is 10.0 Å². The number of thiophene rings is 1. The van der Waals surface area contributed by atoms with Crippen molar-refractivity contribution in [3.8, 4) is 5.75 Å². The Morgan fingerprint density at radius 2 is 2.10 bits per heavy atom. The average Bonchev–Trinajstić information content (AvgIpc) is 2.82. The number of nitrogen functional groups attached to an aromatic ring is 1. The van der Waals surface area contributed by atoms with E-state index in [0.717, 1.165) is 4.88 Å². The molecule has 1 heterocycles. The zero-order valence-corrected chi connectivity index (χ0v) is 13.0. The van der Waals surface area contributed by atoms with E-state index in [1.807, 2.05) is 0 Å². The predicted octanol–water partition coefficient (Wildman–Crippen LogP) is 2.47. The lowest BCUT2D eigenvalue weighted by atomic mass is 10.3. The molecule has 1 aromatic heterocycles. The molecule has 0 spiro atoms. The monoisotopic (exact) mass is 332 g/mol. The van der Waals surface area contributed by atoms with Gasteiger partial charge >= 0.3 is 0 Å². The van der Waals surface area contributed by atoms with Crippen LogP contribution >= 0.6 is 22.9 Å². The van der Waals surface area contributed by atoms with Crippen LogP contribution in [0.5, 0.6) is 5.75 Å². The van der Waals surface area contributed by atoms with Crippen molar-refractivity contribution in [1.29, 1.82) is 0 Å². The Morgan fingerprint density at radius 3 is 2.65 bits per heavy atom. The first kappa shape index (κ1) is 15.1. The summed E-state index contributed by atoms with van der Waals surface area (Å²) in [6.45, 7) is 0.186. The molecule has 5 nitrogen and oxygen atoms in total. The highest BCUT2D eigenvalue weighted by molar-refractivity contribution is 7.89. The molecule has 0 bridgehead atoms. The maximum Gasteiger partial charge on any atom is 0.240 e. The Bertz CT molecular complexity index is 713. The van der Waals surface area contributed by atoms with Gasteiger partial charge in [0.15, 0.2) is 0 Å². The Kier molecular flexibility index (Phi) is 4.54. The number of nitrogens with two attached hydrogens (primary N) is 1. The highest BCUT2D eigenvalue weighted by Gasteiger charge is 2.15. The fourth-order valence-corrected chi connectivity index (χ4v) is 3.74. The normalized spacial score (nSPS) is 11.5. The van der Waals surface area contributed by atoms with Gasteiger partial charge in [-0.05, 0) is 30.3 Å². The first-order valence-electron chi connectivity index (χ1n) is 5.60. The molecule has 3 N–H and O–H groups in total. The summed E-state index contributed by atoms with van der Waals surface area (Å²) in [6.07, 6.45) is 0. The zero-order chi connectivity index (χ0) is 14.8. The van der Waals surface area contributed by atoms with Crippen LogP contribution in [-0.2, 0) is 16.6 Å². The van der Waals surface area contributed by atoms with E-state index in [2.05, 4.69) is 4.72 Å².